The molecule has 1 aromatic rings. The molecule has 1 N–H and O–H groups in total. The van der Waals surface area contributed by atoms with Crippen molar-refractivity contribution >= 4 is 12.0 Å². The van der Waals surface area contributed by atoms with Crippen LogP contribution in [-0.4, -0.2) is 28.6 Å². The van der Waals surface area contributed by atoms with E-state index in [1.807, 2.05) is 0 Å². The summed E-state index contributed by atoms with van der Waals surface area (Å²) in [4.78, 5) is 12.8. The van der Waals surface area contributed by atoms with Crippen molar-refractivity contribution in [3.63, 3.8) is 0 Å². The van der Waals surface area contributed by atoms with E-state index in [1.54, 1.807) is 12.1 Å². The first-order valence-corrected chi connectivity index (χ1v) is 7.53. The molecule has 0 amide bonds. The van der Waals surface area contributed by atoms with Gasteiger partial charge in [0.05, 0.1) is 0 Å². The molecule has 1 aromatic carbocycles. The largest absolute Gasteiger partial charge is 0.478 e. The highest BCUT2D eigenvalue weighted by atomic mass is 19.1. The average molecular weight is 291 g/mol. The lowest BCUT2D eigenvalue weighted by molar-refractivity contribution is -0.131. The first-order chi connectivity index (χ1) is 10.1. The van der Waals surface area contributed by atoms with Gasteiger partial charge in [-0.2, -0.15) is 0 Å². The predicted molar refractivity (Wildman–Crippen MR) is 81.4 cm³/mol. The summed E-state index contributed by atoms with van der Waals surface area (Å²) in [7, 11) is 0. The Balaban J connectivity index is 2.08. The van der Waals surface area contributed by atoms with Gasteiger partial charge in [-0.05, 0) is 43.5 Å². The number of likely N-dealkylation sites (tertiary alicyclic amines) is 1. The van der Waals surface area contributed by atoms with E-state index < -0.39 is 5.97 Å². The maximum Gasteiger partial charge on any atom is 0.328 e. The van der Waals surface area contributed by atoms with E-state index in [4.69, 9.17) is 5.11 Å². The van der Waals surface area contributed by atoms with E-state index >= 15 is 0 Å². The highest BCUT2D eigenvalue weighted by Gasteiger charge is 2.21. The molecule has 21 heavy (non-hydrogen) atoms. The van der Waals surface area contributed by atoms with Gasteiger partial charge in [-0.3, -0.25) is 4.90 Å². The lowest BCUT2D eigenvalue weighted by atomic mass is 9.99. The molecule has 0 spiro atoms. The number of halogens is 1. The Morgan fingerprint density at radius 2 is 2.29 bits per heavy atom. The van der Waals surface area contributed by atoms with Gasteiger partial charge in [0.25, 0.3) is 0 Å². The number of carboxylic acids is 1. The molecule has 2 rings (SSSR count). The van der Waals surface area contributed by atoms with E-state index in [0.29, 0.717) is 23.7 Å². The number of benzene rings is 1. The Morgan fingerprint density at radius 3 is 2.95 bits per heavy atom. The number of nitrogens with zero attached hydrogens (tertiary/aromatic N) is 1. The summed E-state index contributed by atoms with van der Waals surface area (Å²) in [6.07, 6.45) is 7.16. The molecule has 0 saturated carbocycles. The molecule has 0 bridgehead atoms. The normalized spacial score (nSPS) is 20.0. The summed E-state index contributed by atoms with van der Waals surface area (Å²) in [6.45, 7) is 3.84. The van der Waals surface area contributed by atoms with Crippen molar-refractivity contribution in [2.24, 2.45) is 0 Å². The van der Waals surface area contributed by atoms with Crippen molar-refractivity contribution in [3.8, 4) is 0 Å². The van der Waals surface area contributed by atoms with Gasteiger partial charge in [0.15, 0.2) is 0 Å². The van der Waals surface area contributed by atoms with Crippen LogP contribution < -0.4 is 0 Å². The molecule has 4 heteroatoms. The van der Waals surface area contributed by atoms with Crippen LogP contribution in [0.25, 0.3) is 6.08 Å². The molecule has 1 atom stereocenters. The Bertz CT molecular complexity index is 528. The number of hydrogen-bond acceptors (Lipinski definition) is 2. The quantitative estimate of drug-likeness (QED) is 0.841. The van der Waals surface area contributed by atoms with E-state index in [1.165, 1.54) is 31.4 Å². The van der Waals surface area contributed by atoms with Crippen LogP contribution >= 0.6 is 0 Å². The van der Waals surface area contributed by atoms with Crippen molar-refractivity contribution in [2.75, 3.05) is 6.54 Å². The maximum absolute atomic E-state index is 14.2. The second-order valence-corrected chi connectivity index (χ2v) is 5.55. The van der Waals surface area contributed by atoms with Crippen LogP contribution in [0.2, 0.25) is 0 Å². The number of carboxylic acid groups (broad SMARTS) is 1. The van der Waals surface area contributed by atoms with Crippen molar-refractivity contribution in [1.82, 2.24) is 4.90 Å². The Morgan fingerprint density at radius 1 is 1.48 bits per heavy atom. The van der Waals surface area contributed by atoms with Gasteiger partial charge in [-0.25, -0.2) is 9.18 Å². The minimum Gasteiger partial charge on any atom is -0.478 e. The first-order valence-electron chi connectivity index (χ1n) is 7.53. The minimum atomic E-state index is -1.03. The third-order valence-electron chi connectivity index (χ3n) is 4.09. The molecule has 0 aliphatic carbocycles. The molecule has 3 nitrogen and oxygen atoms in total. The van der Waals surface area contributed by atoms with Crippen molar-refractivity contribution in [3.05, 3.63) is 41.2 Å². The number of piperidine rings is 1. The van der Waals surface area contributed by atoms with Gasteiger partial charge >= 0.3 is 5.97 Å². The SMILES string of the molecule is CCC1CCCCN1Cc1ccc(C=CC(=O)O)cc1F. The van der Waals surface area contributed by atoms with Gasteiger partial charge in [-0.1, -0.05) is 25.5 Å². The second kappa shape index (κ2) is 7.36. The third-order valence-corrected chi connectivity index (χ3v) is 4.09. The lowest BCUT2D eigenvalue weighted by Crippen LogP contribution is -2.38. The average Bonchev–Trinajstić information content (AvgIpc) is 2.48. The standard InChI is InChI=1S/C17H22FNO2/c1-2-15-5-3-4-10-19(15)12-14-8-6-13(11-16(14)18)7-9-17(20)21/h6-9,11,15H,2-5,10,12H2,1H3,(H,20,21). The molecule has 1 saturated heterocycles. The van der Waals surface area contributed by atoms with Gasteiger partial charge < -0.3 is 5.11 Å². The van der Waals surface area contributed by atoms with Crippen LogP contribution in [0.1, 0.15) is 43.7 Å². The van der Waals surface area contributed by atoms with Gasteiger partial charge in [0, 0.05) is 24.2 Å². The minimum absolute atomic E-state index is 0.261. The molecule has 0 aromatic heterocycles. The summed E-state index contributed by atoms with van der Waals surface area (Å²) in [5.41, 5.74) is 1.26. The predicted octanol–water partition coefficient (Wildman–Crippen LogP) is 3.69. The fraction of sp³-hybridized carbons (Fsp3) is 0.471. The summed E-state index contributed by atoms with van der Waals surface area (Å²) in [5.74, 6) is -1.29. The summed E-state index contributed by atoms with van der Waals surface area (Å²) < 4.78 is 14.2. The molecule has 1 aliphatic rings. The highest BCUT2D eigenvalue weighted by molar-refractivity contribution is 5.85. The van der Waals surface area contributed by atoms with Gasteiger partial charge in [0.1, 0.15) is 5.82 Å². The zero-order valence-corrected chi connectivity index (χ0v) is 12.4. The highest BCUT2D eigenvalue weighted by Crippen LogP contribution is 2.23. The summed E-state index contributed by atoms with van der Waals surface area (Å²) in [6, 6.07) is 5.48. The van der Waals surface area contributed by atoms with Gasteiger partial charge in [0.2, 0.25) is 0 Å². The van der Waals surface area contributed by atoms with Crippen LogP contribution in [0, 0.1) is 5.82 Å². The molecule has 1 aliphatic heterocycles. The van der Waals surface area contributed by atoms with Crippen LogP contribution in [0.4, 0.5) is 4.39 Å². The van der Waals surface area contributed by atoms with Crippen LogP contribution in [-0.2, 0) is 11.3 Å². The van der Waals surface area contributed by atoms with E-state index in [0.717, 1.165) is 19.0 Å². The van der Waals surface area contributed by atoms with Crippen LogP contribution in [0.3, 0.4) is 0 Å². The fourth-order valence-electron chi connectivity index (χ4n) is 2.91. The third kappa shape index (κ3) is 4.39. The maximum atomic E-state index is 14.2. The Labute approximate surface area is 125 Å². The van der Waals surface area contributed by atoms with Crippen molar-refractivity contribution in [1.29, 1.82) is 0 Å². The van der Waals surface area contributed by atoms with Crippen LogP contribution in [0.15, 0.2) is 24.3 Å². The van der Waals surface area contributed by atoms with E-state index in [9.17, 15) is 9.18 Å². The van der Waals surface area contributed by atoms with Gasteiger partial charge in [-0.15, -0.1) is 0 Å². The van der Waals surface area contributed by atoms with Crippen molar-refractivity contribution in [2.45, 2.75) is 45.2 Å². The molecular formula is C17H22FNO2. The number of rotatable bonds is 5. The molecule has 0 radical (unpaired) electrons. The summed E-state index contributed by atoms with van der Waals surface area (Å²) in [5, 5.41) is 8.58. The molecule has 1 unspecified atom stereocenters. The fourth-order valence-corrected chi connectivity index (χ4v) is 2.91. The number of aliphatic carboxylic acids is 1. The lowest BCUT2D eigenvalue weighted by Gasteiger charge is -2.35. The van der Waals surface area contributed by atoms with E-state index in [-0.39, 0.29) is 5.82 Å². The molecule has 114 valence electrons. The van der Waals surface area contributed by atoms with Crippen LogP contribution in [0.5, 0.6) is 0 Å². The van der Waals surface area contributed by atoms with Crippen molar-refractivity contribution < 1.29 is 14.3 Å². The first kappa shape index (κ1) is 15.7. The smallest absolute Gasteiger partial charge is 0.328 e. The monoisotopic (exact) mass is 291 g/mol. The molecule has 1 fully saturated rings. The Hall–Kier alpha value is -1.68. The zero-order chi connectivity index (χ0) is 15.2. The van der Waals surface area contributed by atoms with E-state index in [2.05, 4.69) is 11.8 Å². The second-order valence-electron chi connectivity index (χ2n) is 5.55. The zero-order valence-electron chi connectivity index (χ0n) is 12.4. The molecular weight excluding hydrogens is 269 g/mol. The summed E-state index contributed by atoms with van der Waals surface area (Å²) >= 11 is 0. The number of hydrogen-bond donors (Lipinski definition) is 1. The number of carbonyl (C=O) groups is 1. The topological polar surface area (TPSA) is 40.5 Å². The molecule has 1 heterocycles. The Kier molecular flexibility index (Phi) is 5.51.